The van der Waals surface area contributed by atoms with E-state index in [-0.39, 0.29) is 24.2 Å². The van der Waals surface area contributed by atoms with Gasteiger partial charge in [0.25, 0.3) is 5.91 Å². The van der Waals surface area contributed by atoms with Crippen LogP contribution in [-0.2, 0) is 14.3 Å². The number of rotatable bonds is 5. The lowest BCUT2D eigenvalue weighted by Gasteiger charge is -2.21. The zero-order valence-corrected chi connectivity index (χ0v) is 9.51. The highest BCUT2D eigenvalue weighted by Gasteiger charge is 2.27. The van der Waals surface area contributed by atoms with E-state index in [0.29, 0.717) is 0 Å². The van der Waals surface area contributed by atoms with Crippen LogP contribution in [-0.4, -0.2) is 30.9 Å². The van der Waals surface area contributed by atoms with Crippen LogP contribution in [0.1, 0.15) is 27.7 Å². The number of ketones is 1. The molecule has 0 fully saturated rings. The normalized spacial score (nSPS) is 11.6. The van der Waals surface area contributed by atoms with Crippen molar-refractivity contribution in [3.8, 4) is 0 Å². The minimum absolute atomic E-state index is 0.0188. The van der Waals surface area contributed by atoms with Gasteiger partial charge < -0.3 is 10.1 Å². The number of carbonyl (C=O) groups excluding carboxylic acids is 2. The molecule has 0 heterocycles. The first-order valence-corrected chi connectivity index (χ1v) is 4.67. The van der Waals surface area contributed by atoms with E-state index < -0.39 is 5.60 Å². The molecule has 1 N–H and O–H groups in total. The van der Waals surface area contributed by atoms with Gasteiger partial charge in [0.05, 0.1) is 6.54 Å². The van der Waals surface area contributed by atoms with Crippen LogP contribution in [0.3, 0.4) is 0 Å². The number of hydrogen-bond donors (Lipinski definition) is 1. The summed E-state index contributed by atoms with van der Waals surface area (Å²) < 4.78 is 4.97. The Morgan fingerprint density at radius 1 is 1.36 bits per heavy atom. The van der Waals surface area contributed by atoms with Gasteiger partial charge >= 0.3 is 0 Å². The fourth-order valence-corrected chi connectivity index (χ4v) is 0.677. The van der Waals surface area contributed by atoms with Gasteiger partial charge in [-0.25, -0.2) is 0 Å². The van der Waals surface area contributed by atoms with Crippen LogP contribution in [0.25, 0.3) is 0 Å². The molecule has 0 aliphatic carbocycles. The quantitative estimate of drug-likeness (QED) is 0.714. The second-order valence-electron chi connectivity index (χ2n) is 4.02. The van der Waals surface area contributed by atoms with Crippen molar-refractivity contribution in [2.75, 3.05) is 13.7 Å². The fourth-order valence-electron chi connectivity index (χ4n) is 0.677. The van der Waals surface area contributed by atoms with Gasteiger partial charge in [0.1, 0.15) is 5.60 Å². The van der Waals surface area contributed by atoms with Gasteiger partial charge in [-0.05, 0) is 13.8 Å². The standard InChI is InChI=1S/C10H19NO3/c1-7(2)8(12)6-11-9(13)10(3,4)14-5/h7H,6H2,1-5H3,(H,11,13). The first-order valence-electron chi connectivity index (χ1n) is 4.67. The Hall–Kier alpha value is -0.900. The molecular weight excluding hydrogens is 182 g/mol. The average molecular weight is 201 g/mol. The first-order chi connectivity index (χ1) is 6.31. The molecule has 0 radical (unpaired) electrons. The number of Topliss-reactive ketones (excluding diaryl/α,β-unsaturated/α-hetero) is 1. The number of hydrogen-bond acceptors (Lipinski definition) is 3. The second-order valence-corrected chi connectivity index (χ2v) is 4.02. The molecule has 82 valence electrons. The lowest BCUT2D eigenvalue weighted by molar-refractivity contribution is -0.140. The molecule has 4 heteroatoms. The second kappa shape index (κ2) is 5.10. The van der Waals surface area contributed by atoms with Crippen molar-refractivity contribution in [1.29, 1.82) is 0 Å². The third-order valence-corrected chi connectivity index (χ3v) is 2.12. The molecular formula is C10H19NO3. The molecule has 0 aliphatic rings. The number of carbonyl (C=O) groups is 2. The summed E-state index contributed by atoms with van der Waals surface area (Å²) in [6.45, 7) is 6.99. The van der Waals surface area contributed by atoms with Crippen molar-refractivity contribution < 1.29 is 14.3 Å². The predicted molar refractivity (Wildman–Crippen MR) is 53.9 cm³/mol. The molecule has 0 rings (SSSR count). The van der Waals surface area contributed by atoms with Crippen LogP contribution in [0.2, 0.25) is 0 Å². The van der Waals surface area contributed by atoms with E-state index in [4.69, 9.17) is 4.74 Å². The predicted octanol–water partition coefficient (Wildman–Crippen LogP) is 0.753. The van der Waals surface area contributed by atoms with E-state index in [2.05, 4.69) is 5.32 Å². The highest BCUT2D eigenvalue weighted by atomic mass is 16.5. The Balaban J connectivity index is 4.04. The number of ether oxygens (including phenoxy) is 1. The third kappa shape index (κ3) is 3.87. The summed E-state index contributed by atoms with van der Waals surface area (Å²) in [7, 11) is 1.46. The van der Waals surface area contributed by atoms with E-state index in [9.17, 15) is 9.59 Å². The number of amides is 1. The minimum atomic E-state index is -0.878. The van der Waals surface area contributed by atoms with Crippen molar-refractivity contribution in [2.45, 2.75) is 33.3 Å². The maximum absolute atomic E-state index is 11.4. The van der Waals surface area contributed by atoms with Crippen molar-refractivity contribution >= 4 is 11.7 Å². The molecule has 0 saturated carbocycles. The number of nitrogens with one attached hydrogen (secondary N) is 1. The highest BCUT2D eigenvalue weighted by molar-refractivity contribution is 5.90. The molecule has 0 bridgehead atoms. The largest absolute Gasteiger partial charge is 0.369 e. The van der Waals surface area contributed by atoms with Gasteiger partial charge in [-0.1, -0.05) is 13.8 Å². The van der Waals surface area contributed by atoms with Gasteiger partial charge in [0.15, 0.2) is 5.78 Å². The molecule has 14 heavy (non-hydrogen) atoms. The lowest BCUT2D eigenvalue weighted by Crippen LogP contribution is -2.45. The molecule has 4 nitrogen and oxygen atoms in total. The Kier molecular flexibility index (Phi) is 4.77. The molecule has 0 aromatic heterocycles. The summed E-state index contributed by atoms with van der Waals surface area (Å²) in [6, 6.07) is 0. The summed E-state index contributed by atoms with van der Waals surface area (Å²) in [6.07, 6.45) is 0. The van der Waals surface area contributed by atoms with E-state index in [1.807, 2.05) is 0 Å². The molecule has 0 unspecified atom stereocenters. The molecule has 0 aromatic rings. The zero-order valence-electron chi connectivity index (χ0n) is 9.51. The molecule has 0 aromatic carbocycles. The van der Waals surface area contributed by atoms with E-state index in [0.717, 1.165) is 0 Å². The van der Waals surface area contributed by atoms with Crippen LogP contribution in [0, 0.1) is 5.92 Å². The SMILES string of the molecule is COC(C)(C)C(=O)NCC(=O)C(C)C. The fraction of sp³-hybridized carbons (Fsp3) is 0.800. The summed E-state index contributed by atoms with van der Waals surface area (Å²) in [4.78, 5) is 22.6. The molecule has 0 saturated heterocycles. The van der Waals surface area contributed by atoms with Crippen LogP contribution in [0.15, 0.2) is 0 Å². The maximum atomic E-state index is 11.4. The molecule has 0 spiro atoms. The van der Waals surface area contributed by atoms with Gasteiger partial charge in [-0.15, -0.1) is 0 Å². The van der Waals surface area contributed by atoms with Gasteiger partial charge in [0.2, 0.25) is 0 Å². The Bertz CT molecular complexity index is 221. The van der Waals surface area contributed by atoms with Crippen molar-refractivity contribution in [3.63, 3.8) is 0 Å². The zero-order chi connectivity index (χ0) is 11.4. The molecule has 1 amide bonds. The summed E-state index contributed by atoms with van der Waals surface area (Å²) in [5.74, 6) is -0.305. The van der Waals surface area contributed by atoms with E-state index in [1.54, 1.807) is 27.7 Å². The van der Waals surface area contributed by atoms with Gasteiger partial charge in [-0.2, -0.15) is 0 Å². The van der Waals surface area contributed by atoms with E-state index >= 15 is 0 Å². The van der Waals surface area contributed by atoms with Crippen LogP contribution in [0.4, 0.5) is 0 Å². The van der Waals surface area contributed by atoms with Gasteiger partial charge in [-0.3, -0.25) is 9.59 Å². The van der Waals surface area contributed by atoms with Crippen LogP contribution >= 0.6 is 0 Å². The van der Waals surface area contributed by atoms with Gasteiger partial charge in [0, 0.05) is 13.0 Å². The van der Waals surface area contributed by atoms with Crippen LogP contribution in [0.5, 0.6) is 0 Å². The Labute approximate surface area is 85.0 Å². The monoisotopic (exact) mass is 201 g/mol. The summed E-state index contributed by atoms with van der Waals surface area (Å²) in [5.41, 5.74) is -0.878. The lowest BCUT2D eigenvalue weighted by atomic mass is 10.1. The Morgan fingerprint density at radius 2 is 1.86 bits per heavy atom. The van der Waals surface area contributed by atoms with Crippen molar-refractivity contribution in [3.05, 3.63) is 0 Å². The van der Waals surface area contributed by atoms with Crippen molar-refractivity contribution in [1.82, 2.24) is 5.32 Å². The maximum Gasteiger partial charge on any atom is 0.252 e. The van der Waals surface area contributed by atoms with Crippen LogP contribution < -0.4 is 5.32 Å². The topological polar surface area (TPSA) is 55.4 Å². The first kappa shape index (κ1) is 13.1. The number of methoxy groups -OCH3 is 1. The molecule has 0 aliphatic heterocycles. The Morgan fingerprint density at radius 3 is 2.21 bits per heavy atom. The average Bonchev–Trinajstić information content (AvgIpc) is 2.13. The van der Waals surface area contributed by atoms with E-state index in [1.165, 1.54) is 7.11 Å². The smallest absolute Gasteiger partial charge is 0.252 e. The highest BCUT2D eigenvalue weighted by Crippen LogP contribution is 2.06. The molecule has 0 atom stereocenters. The third-order valence-electron chi connectivity index (χ3n) is 2.12. The summed E-state index contributed by atoms with van der Waals surface area (Å²) in [5, 5.41) is 2.54. The van der Waals surface area contributed by atoms with Crippen molar-refractivity contribution in [2.24, 2.45) is 5.92 Å². The summed E-state index contributed by atoms with van der Waals surface area (Å²) >= 11 is 0. The minimum Gasteiger partial charge on any atom is -0.369 e.